The molecule has 0 aliphatic heterocycles. The second kappa shape index (κ2) is 5.84. The Balaban J connectivity index is 2.70. The van der Waals surface area contributed by atoms with Crippen molar-refractivity contribution in [2.75, 3.05) is 0 Å². The van der Waals surface area contributed by atoms with Crippen molar-refractivity contribution in [2.24, 2.45) is 0 Å². The summed E-state index contributed by atoms with van der Waals surface area (Å²) < 4.78 is 8.96. The standard InChI is InChI=1S/C11H19IN2O/c1-5-9(4)15-7-11-10(12)6-13-14(11)8(2)3/h6,8-9H,5,7H2,1-4H3/t9-/m1/s1. The summed E-state index contributed by atoms with van der Waals surface area (Å²) in [4.78, 5) is 0. The van der Waals surface area contributed by atoms with Crippen molar-refractivity contribution in [1.82, 2.24) is 9.78 Å². The molecule has 0 bridgehead atoms. The number of hydrogen-bond acceptors (Lipinski definition) is 2. The Morgan fingerprint density at radius 3 is 2.67 bits per heavy atom. The molecular weight excluding hydrogens is 303 g/mol. The van der Waals surface area contributed by atoms with Crippen molar-refractivity contribution < 1.29 is 4.74 Å². The minimum atomic E-state index is 0.316. The maximum absolute atomic E-state index is 5.74. The van der Waals surface area contributed by atoms with Gasteiger partial charge in [-0.15, -0.1) is 0 Å². The summed E-state index contributed by atoms with van der Waals surface area (Å²) in [6.07, 6.45) is 3.26. The highest BCUT2D eigenvalue weighted by atomic mass is 127. The third kappa shape index (κ3) is 3.45. The molecule has 0 amide bonds. The van der Waals surface area contributed by atoms with E-state index in [9.17, 15) is 0 Å². The number of aromatic nitrogens is 2. The molecule has 4 heteroatoms. The molecule has 0 aliphatic carbocycles. The number of halogens is 1. The SMILES string of the molecule is CC[C@@H](C)OCc1c(I)cnn1C(C)C. The second-order valence-electron chi connectivity index (χ2n) is 4.01. The van der Waals surface area contributed by atoms with E-state index >= 15 is 0 Å². The fraction of sp³-hybridized carbons (Fsp3) is 0.727. The van der Waals surface area contributed by atoms with E-state index < -0.39 is 0 Å². The molecule has 0 saturated carbocycles. The Labute approximate surface area is 105 Å². The largest absolute Gasteiger partial charge is 0.372 e. The van der Waals surface area contributed by atoms with E-state index in [0.717, 1.165) is 6.42 Å². The molecule has 1 aromatic heterocycles. The first kappa shape index (κ1) is 13.0. The molecule has 1 heterocycles. The topological polar surface area (TPSA) is 27.1 Å². The van der Waals surface area contributed by atoms with Crippen LogP contribution in [0.4, 0.5) is 0 Å². The van der Waals surface area contributed by atoms with E-state index in [4.69, 9.17) is 4.74 Å². The molecule has 0 saturated heterocycles. The summed E-state index contributed by atoms with van der Waals surface area (Å²) in [7, 11) is 0. The molecule has 86 valence electrons. The van der Waals surface area contributed by atoms with E-state index in [2.05, 4.69) is 55.4 Å². The van der Waals surface area contributed by atoms with Crippen LogP contribution in [0.5, 0.6) is 0 Å². The van der Waals surface area contributed by atoms with E-state index in [1.807, 2.05) is 10.9 Å². The first-order valence-corrected chi connectivity index (χ1v) is 6.47. The lowest BCUT2D eigenvalue weighted by Crippen LogP contribution is -2.13. The zero-order valence-electron chi connectivity index (χ0n) is 9.83. The lowest BCUT2D eigenvalue weighted by atomic mass is 10.3. The van der Waals surface area contributed by atoms with Gasteiger partial charge < -0.3 is 4.74 Å². The van der Waals surface area contributed by atoms with Crippen LogP contribution in [0.2, 0.25) is 0 Å². The van der Waals surface area contributed by atoms with Crippen LogP contribution in [0.15, 0.2) is 6.20 Å². The van der Waals surface area contributed by atoms with Gasteiger partial charge in [0, 0.05) is 6.04 Å². The zero-order chi connectivity index (χ0) is 11.4. The first-order valence-electron chi connectivity index (χ1n) is 5.39. The Morgan fingerprint density at radius 1 is 1.47 bits per heavy atom. The quantitative estimate of drug-likeness (QED) is 0.777. The molecule has 1 atom stereocenters. The average molecular weight is 322 g/mol. The van der Waals surface area contributed by atoms with Crippen LogP contribution in [-0.2, 0) is 11.3 Å². The third-order valence-corrected chi connectivity index (χ3v) is 3.32. The molecule has 1 rings (SSSR count). The number of nitrogens with zero attached hydrogens (tertiary/aromatic N) is 2. The summed E-state index contributed by atoms with van der Waals surface area (Å²) in [6.45, 7) is 9.16. The van der Waals surface area contributed by atoms with E-state index in [1.54, 1.807) is 0 Å². The highest BCUT2D eigenvalue weighted by molar-refractivity contribution is 14.1. The van der Waals surface area contributed by atoms with Gasteiger partial charge in [-0.1, -0.05) is 6.92 Å². The van der Waals surface area contributed by atoms with Gasteiger partial charge in [-0.25, -0.2) is 0 Å². The van der Waals surface area contributed by atoms with Crippen LogP contribution < -0.4 is 0 Å². The molecule has 0 unspecified atom stereocenters. The van der Waals surface area contributed by atoms with Gasteiger partial charge in [-0.3, -0.25) is 4.68 Å². The fourth-order valence-electron chi connectivity index (χ4n) is 1.29. The third-order valence-electron chi connectivity index (χ3n) is 2.42. The molecule has 15 heavy (non-hydrogen) atoms. The Kier molecular flexibility index (Phi) is 5.05. The maximum atomic E-state index is 5.74. The van der Waals surface area contributed by atoms with Gasteiger partial charge in [-0.2, -0.15) is 5.10 Å². The number of rotatable bonds is 5. The van der Waals surface area contributed by atoms with Crippen LogP contribution in [0.25, 0.3) is 0 Å². The molecule has 0 aliphatic rings. The Bertz CT molecular complexity index is 310. The lowest BCUT2D eigenvalue weighted by Gasteiger charge is -2.14. The van der Waals surface area contributed by atoms with Gasteiger partial charge in [0.15, 0.2) is 0 Å². The first-order chi connectivity index (χ1) is 7.06. The van der Waals surface area contributed by atoms with Crippen molar-refractivity contribution in [1.29, 1.82) is 0 Å². The molecule has 0 spiro atoms. The second-order valence-corrected chi connectivity index (χ2v) is 5.17. The van der Waals surface area contributed by atoms with Crippen LogP contribution in [0.1, 0.15) is 45.9 Å². The van der Waals surface area contributed by atoms with E-state index in [-0.39, 0.29) is 0 Å². The molecule has 0 N–H and O–H groups in total. The van der Waals surface area contributed by atoms with Crippen molar-refractivity contribution in [3.8, 4) is 0 Å². The minimum absolute atomic E-state index is 0.316. The monoisotopic (exact) mass is 322 g/mol. The fourth-order valence-corrected chi connectivity index (χ4v) is 1.81. The van der Waals surface area contributed by atoms with Gasteiger partial charge in [0.2, 0.25) is 0 Å². The Morgan fingerprint density at radius 2 is 2.13 bits per heavy atom. The summed E-state index contributed by atoms with van der Waals surface area (Å²) in [5.74, 6) is 0. The maximum Gasteiger partial charge on any atom is 0.0899 e. The summed E-state index contributed by atoms with van der Waals surface area (Å²) in [6, 6.07) is 0.393. The molecule has 0 aromatic carbocycles. The van der Waals surface area contributed by atoms with Crippen molar-refractivity contribution in [3.63, 3.8) is 0 Å². The molecular formula is C11H19IN2O. The van der Waals surface area contributed by atoms with Gasteiger partial charge in [0.1, 0.15) is 0 Å². The van der Waals surface area contributed by atoms with Gasteiger partial charge >= 0.3 is 0 Å². The predicted octanol–water partition coefficient (Wildman–Crippen LogP) is 3.38. The molecule has 0 radical (unpaired) electrons. The summed E-state index contributed by atoms with van der Waals surface area (Å²) >= 11 is 2.31. The molecule has 0 fully saturated rings. The van der Waals surface area contributed by atoms with E-state index in [0.29, 0.717) is 18.8 Å². The number of ether oxygens (including phenoxy) is 1. The minimum Gasteiger partial charge on any atom is -0.372 e. The van der Waals surface area contributed by atoms with Crippen molar-refractivity contribution in [3.05, 3.63) is 15.5 Å². The normalized spacial score (nSPS) is 13.5. The van der Waals surface area contributed by atoms with Crippen molar-refractivity contribution >= 4 is 22.6 Å². The highest BCUT2D eigenvalue weighted by Crippen LogP contribution is 2.17. The lowest BCUT2D eigenvalue weighted by molar-refractivity contribution is 0.0457. The van der Waals surface area contributed by atoms with E-state index in [1.165, 1.54) is 9.26 Å². The summed E-state index contributed by atoms with van der Waals surface area (Å²) in [5.41, 5.74) is 1.19. The number of hydrogen-bond donors (Lipinski definition) is 0. The van der Waals surface area contributed by atoms with Crippen LogP contribution >= 0.6 is 22.6 Å². The summed E-state index contributed by atoms with van der Waals surface area (Å²) in [5, 5.41) is 4.35. The van der Waals surface area contributed by atoms with Gasteiger partial charge in [0.05, 0.1) is 28.2 Å². The molecule has 1 aromatic rings. The smallest absolute Gasteiger partial charge is 0.0899 e. The van der Waals surface area contributed by atoms with Crippen LogP contribution in [-0.4, -0.2) is 15.9 Å². The molecule has 3 nitrogen and oxygen atoms in total. The zero-order valence-corrected chi connectivity index (χ0v) is 12.0. The van der Waals surface area contributed by atoms with Crippen LogP contribution in [0.3, 0.4) is 0 Å². The highest BCUT2D eigenvalue weighted by Gasteiger charge is 2.12. The van der Waals surface area contributed by atoms with Crippen molar-refractivity contribution in [2.45, 2.75) is 52.9 Å². The predicted molar refractivity (Wildman–Crippen MR) is 69.9 cm³/mol. The average Bonchev–Trinajstić information content (AvgIpc) is 2.56. The van der Waals surface area contributed by atoms with Gasteiger partial charge in [-0.05, 0) is 49.8 Å². The Hall–Kier alpha value is -0.100. The van der Waals surface area contributed by atoms with Crippen LogP contribution in [0, 0.1) is 3.57 Å². The van der Waals surface area contributed by atoms with Gasteiger partial charge in [0.25, 0.3) is 0 Å².